The van der Waals surface area contributed by atoms with E-state index in [1.165, 1.54) is 0 Å². The lowest BCUT2D eigenvalue weighted by molar-refractivity contribution is -0.239. The normalized spacial score (nSPS) is 34.3. The molecule has 3 aliphatic rings. The lowest BCUT2D eigenvalue weighted by Crippen LogP contribution is -2.73. The van der Waals surface area contributed by atoms with Crippen molar-refractivity contribution < 1.29 is 14.3 Å². The van der Waals surface area contributed by atoms with Gasteiger partial charge in [0.05, 0.1) is 5.57 Å². The SMILES string of the molecule is CN1C(=O)[C@@]2(C)C3=C(CCCC3=O)O[C@@]12c1ccccc1. The summed E-state index contributed by atoms with van der Waals surface area (Å²) in [5, 5.41) is 0. The van der Waals surface area contributed by atoms with Gasteiger partial charge in [-0.1, -0.05) is 30.3 Å². The number of nitrogens with zero attached hydrogens (tertiary/aromatic N) is 1. The Labute approximate surface area is 123 Å². The third kappa shape index (κ3) is 1.18. The van der Waals surface area contributed by atoms with Crippen molar-refractivity contribution in [3.63, 3.8) is 0 Å². The number of carbonyl (C=O) groups is 2. The monoisotopic (exact) mass is 283 g/mol. The number of likely N-dealkylation sites (tertiary alicyclic amines) is 1. The summed E-state index contributed by atoms with van der Waals surface area (Å²) in [6, 6.07) is 9.73. The minimum atomic E-state index is -0.879. The first-order valence-electron chi connectivity index (χ1n) is 7.33. The van der Waals surface area contributed by atoms with Crippen LogP contribution >= 0.6 is 0 Å². The van der Waals surface area contributed by atoms with Gasteiger partial charge in [-0.25, -0.2) is 0 Å². The summed E-state index contributed by atoms with van der Waals surface area (Å²) < 4.78 is 6.26. The topological polar surface area (TPSA) is 46.6 Å². The highest BCUT2D eigenvalue weighted by Gasteiger charge is 2.77. The van der Waals surface area contributed by atoms with E-state index in [9.17, 15) is 9.59 Å². The average Bonchev–Trinajstić information content (AvgIpc) is 2.76. The molecule has 1 aromatic carbocycles. The Morgan fingerprint density at radius 2 is 1.86 bits per heavy atom. The van der Waals surface area contributed by atoms with Crippen LogP contribution in [0.25, 0.3) is 0 Å². The number of hydrogen-bond acceptors (Lipinski definition) is 3. The highest BCUT2D eigenvalue weighted by Crippen LogP contribution is 2.65. The molecule has 21 heavy (non-hydrogen) atoms. The first-order valence-corrected chi connectivity index (χ1v) is 7.33. The lowest BCUT2D eigenvalue weighted by atomic mass is 9.61. The maximum Gasteiger partial charge on any atom is 0.242 e. The number of carbonyl (C=O) groups excluding carboxylic acids is 2. The van der Waals surface area contributed by atoms with E-state index in [1.54, 1.807) is 11.9 Å². The zero-order valence-electron chi connectivity index (χ0n) is 12.2. The smallest absolute Gasteiger partial charge is 0.242 e. The van der Waals surface area contributed by atoms with Crippen molar-refractivity contribution in [3.05, 3.63) is 47.2 Å². The minimum Gasteiger partial charge on any atom is -0.466 e. The summed E-state index contributed by atoms with van der Waals surface area (Å²) in [5.74, 6) is 0.750. The number of ether oxygens (including phenoxy) is 1. The van der Waals surface area contributed by atoms with Crippen molar-refractivity contribution in [2.75, 3.05) is 7.05 Å². The van der Waals surface area contributed by atoms with Crippen LogP contribution in [0.1, 0.15) is 31.7 Å². The second-order valence-electron chi connectivity index (χ2n) is 6.18. The predicted octanol–water partition coefficient (Wildman–Crippen LogP) is 2.36. The molecule has 0 bridgehead atoms. The molecule has 1 amide bonds. The van der Waals surface area contributed by atoms with Crippen molar-refractivity contribution in [3.8, 4) is 0 Å². The van der Waals surface area contributed by atoms with Gasteiger partial charge in [-0.05, 0) is 13.3 Å². The molecule has 4 heteroatoms. The molecule has 0 spiro atoms. The molecule has 0 N–H and O–H groups in total. The van der Waals surface area contributed by atoms with Gasteiger partial charge in [0.1, 0.15) is 11.2 Å². The van der Waals surface area contributed by atoms with Gasteiger partial charge in [0.15, 0.2) is 5.78 Å². The van der Waals surface area contributed by atoms with Crippen LogP contribution in [0.2, 0.25) is 0 Å². The minimum absolute atomic E-state index is 0.0356. The number of Topliss-reactive ketones (excluding diaryl/α,β-unsaturated/α-hetero) is 1. The van der Waals surface area contributed by atoms with Crippen LogP contribution in [0, 0.1) is 5.41 Å². The van der Waals surface area contributed by atoms with E-state index in [0.29, 0.717) is 12.0 Å². The fourth-order valence-corrected chi connectivity index (χ4v) is 4.21. The predicted molar refractivity (Wildman–Crippen MR) is 76.0 cm³/mol. The molecule has 1 fully saturated rings. The summed E-state index contributed by atoms with van der Waals surface area (Å²) >= 11 is 0. The second-order valence-corrected chi connectivity index (χ2v) is 6.18. The molecule has 108 valence electrons. The van der Waals surface area contributed by atoms with E-state index in [1.807, 2.05) is 37.3 Å². The van der Waals surface area contributed by atoms with E-state index in [2.05, 4.69) is 0 Å². The first kappa shape index (κ1) is 12.6. The number of ketones is 1. The van der Waals surface area contributed by atoms with Crippen molar-refractivity contribution >= 4 is 11.7 Å². The van der Waals surface area contributed by atoms with Crippen LogP contribution in [0.5, 0.6) is 0 Å². The fraction of sp³-hybridized carbons (Fsp3) is 0.412. The van der Waals surface area contributed by atoms with E-state index in [-0.39, 0.29) is 11.7 Å². The molecule has 2 aliphatic heterocycles. The molecule has 0 aromatic heterocycles. The van der Waals surface area contributed by atoms with E-state index in [4.69, 9.17) is 4.74 Å². The Bertz CT molecular complexity index is 693. The van der Waals surface area contributed by atoms with Gasteiger partial charge in [-0.3, -0.25) is 9.59 Å². The molecule has 4 nitrogen and oxygen atoms in total. The Morgan fingerprint density at radius 3 is 2.57 bits per heavy atom. The molecular weight excluding hydrogens is 266 g/mol. The maximum absolute atomic E-state index is 12.6. The molecule has 1 aromatic rings. The summed E-state index contributed by atoms with van der Waals surface area (Å²) in [4.78, 5) is 26.6. The molecule has 4 rings (SSSR count). The Morgan fingerprint density at radius 1 is 1.14 bits per heavy atom. The van der Waals surface area contributed by atoms with Crippen molar-refractivity contribution in [2.24, 2.45) is 5.41 Å². The standard InChI is InChI=1S/C17H17NO3/c1-16-14-12(19)9-6-10-13(14)21-17(16,18(2)15(16)20)11-7-4-3-5-8-11/h3-5,7-8H,6,9-10H2,1-2H3/t16-,17-/m1/s1. The van der Waals surface area contributed by atoms with Crippen LogP contribution in [0.4, 0.5) is 0 Å². The molecule has 1 aliphatic carbocycles. The number of benzene rings is 1. The van der Waals surface area contributed by atoms with Gasteiger partial charge in [0, 0.05) is 25.5 Å². The van der Waals surface area contributed by atoms with Crippen LogP contribution in [0.15, 0.2) is 41.7 Å². The summed E-state index contributed by atoms with van der Waals surface area (Å²) in [5.41, 5.74) is -0.191. The Hall–Kier alpha value is -2.10. The molecule has 0 saturated carbocycles. The number of allylic oxidation sites excluding steroid dienone is 1. The van der Waals surface area contributed by atoms with Gasteiger partial charge in [-0.2, -0.15) is 0 Å². The molecule has 0 unspecified atom stereocenters. The first-order chi connectivity index (χ1) is 10.0. The number of fused-ring (bicyclic) bond motifs is 2. The average molecular weight is 283 g/mol. The number of amides is 1. The molecule has 2 heterocycles. The van der Waals surface area contributed by atoms with Gasteiger partial charge in [0.25, 0.3) is 0 Å². The van der Waals surface area contributed by atoms with E-state index in [0.717, 1.165) is 24.2 Å². The van der Waals surface area contributed by atoms with Crippen molar-refractivity contribution in [1.29, 1.82) is 0 Å². The largest absolute Gasteiger partial charge is 0.466 e. The highest BCUT2D eigenvalue weighted by atomic mass is 16.5. The van der Waals surface area contributed by atoms with Gasteiger partial charge >= 0.3 is 0 Å². The van der Waals surface area contributed by atoms with Crippen LogP contribution in [-0.4, -0.2) is 23.6 Å². The molecular formula is C17H17NO3. The zero-order valence-corrected chi connectivity index (χ0v) is 12.2. The number of rotatable bonds is 1. The maximum atomic E-state index is 12.6. The zero-order chi connectivity index (χ0) is 14.8. The number of hydrogen-bond donors (Lipinski definition) is 0. The van der Waals surface area contributed by atoms with E-state index >= 15 is 0 Å². The van der Waals surface area contributed by atoms with Crippen LogP contribution < -0.4 is 0 Å². The number of β-lactam (4-membered cyclic amide) rings is 1. The lowest BCUT2D eigenvalue weighted by Gasteiger charge is -2.58. The Balaban J connectivity index is 1.94. The molecule has 0 radical (unpaired) electrons. The molecule has 1 saturated heterocycles. The van der Waals surface area contributed by atoms with E-state index < -0.39 is 11.1 Å². The van der Waals surface area contributed by atoms with Crippen LogP contribution in [0.3, 0.4) is 0 Å². The van der Waals surface area contributed by atoms with Crippen molar-refractivity contribution in [2.45, 2.75) is 31.9 Å². The molecule has 2 atom stereocenters. The van der Waals surface area contributed by atoms with Crippen LogP contribution in [-0.2, 0) is 20.1 Å². The van der Waals surface area contributed by atoms with Gasteiger partial charge < -0.3 is 9.64 Å². The summed E-state index contributed by atoms with van der Waals surface area (Å²) in [6.07, 6.45) is 2.06. The third-order valence-electron chi connectivity index (χ3n) is 5.18. The highest BCUT2D eigenvalue weighted by molar-refractivity contribution is 6.09. The van der Waals surface area contributed by atoms with Crippen molar-refractivity contribution in [1.82, 2.24) is 4.90 Å². The summed E-state index contributed by atoms with van der Waals surface area (Å²) in [7, 11) is 1.75. The van der Waals surface area contributed by atoms with Gasteiger partial charge in [0.2, 0.25) is 11.6 Å². The Kier molecular flexibility index (Phi) is 2.26. The quantitative estimate of drug-likeness (QED) is 0.743. The second kappa shape index (κ2) is 3.75. The van der Waals surface area contributed by atoms with Gasteiger partial charge in [-0.15, -0.1) is 0 Å². The fourth-order valence-electron chi connectivity index (χ4n) is 4.21. The third-order valence-corrected chi connectivity index (χ3v) is 5.18. The summed E-state index contributed by atoms with van der Waals surface area (Å²) in [6.45, 7) is 1.86.